The van der Waals surface area contributed by atoms with Crippen molar-refractivity contribution < 1.29 is 18.2 Å². The molecule has 1 amide bonds. The number of anilines is 1. The molecule has 8 heteroatoms. The highest BCUT2D eigenvalue weighted by atomic mass is 32.2. The molecule has 2 aromatic rings. The summed E-state index contributed by atoms with van der Waals surface area (Å²) in [5.41, 5.74) is 1.60. The predicted octanol–water partition coefficient (Wildman–Crippen LogP) is 0.871. The normalized spacial score (nSPS) is 14.2. The second kappa shape index (κ2) is 7.79. The molecular formula is C17H20N3O3S2+. The zero-order chi connectivity index (χ0) is 17.7. The molecule has 0 radical (unpaired) electrons. The van der Waals surface area contributed by atoms with Gasteiger partial charge in [0, 0.05) is 12.1 Å². The largest absolute Gasteiger partial charge is 0.328 e. The van der Waals surface area contributed by atoms with Gasteiger partial charge in [-0.1, -0.05) is 6.07 Å². The smallest absolute Gasteiger partial charge is 0.326 e. The fraction of sp³-hybridized carbons (Fsp3) is 0.294. The van der Waals surface area contributed by atoms with Crippen molar-refractivity contribution in [1.82, 2.24) is 4.72 Å². The van der Waals surface area contributed by atoms with Gasteiger partial charge in [-0.3, -0.25) is 9.79 Å². The number of sulfonamides is 1. The van der Waals surface area contributed by atoms with Gasteiger partial charge in [-0.05, 0) is 53.4 Å². The Morgan fingerprint density at radius 1 is 1.28 bits per heavy atom. The van der Waals surface area contributed by atoms with Crippen LogP contribution < -0.4 is 15.0 Å². The van der Waals surface area contributed by atoms with Crippen LogP contribution in [0.5, 0.6) is 0 Å². The third kappa shape index (κ3) is 4.90. The molecule has 6 nitrogen and oxygen atoms in total. The van der Waals surface area contributed by atoms with Gasteiger partial charge in [-0.2, -0.15) is 24.5 Å². The summed E-state index contributed by atoms with van der Waals surface area (Å²) in [4.78, 5) is 15.2. The molecule has 1 aromatic heterocycles. The standard InChI is InChI=1S/C17H19N3O3S2/c21-17(7-6-13-8-10-24-12-13)19-14-3-1-4-15(11-14)25(22,23)20-16-5-2-9-18-16/h1,3-4,8,10-12H,2,5-7,9H2,(H,18,20)(H,19,21)/p+1. The van der Waals surface area contributed by atoms with E-state index in [0.29, 0.717) is 30.8 Å². The first-order valence-electron chi connectivity index (χ1n) is 8.06. The quantitative estimate of drug-likeness (QED) is 0.697. The lowest BCUT2D eigenvalue weighted by atomic mass is 10.2. The van der Waals surface area contributed by atoms with Crippen LogP contribution in [0.4, 0.5) is 5.69 Å². The summed E-state index contributed by atoms with van der Waals surface area (Å²) < 4.78 is 27.4. The van der Waals surface area contributed by atoms with Gasteiger partial charge in [0.25, 0.3) is 5.84 Å². The minimum absolute atomic E-state index is 0.129. The van der Waals surface area contributed by atoms with E-state index in [-0.39, 0.29) is 10.8 Å². The highest BCUT2D eigenvalue weighted by Gasteiger charge is 2.24. The monoisotopic (exact) mass is 378 g/mol. The Morgan fingerprint density at radius 2 is 2.16 bits per heavy atom. The lowest BCUT2D eigenvalue weighted by molar-refractivity contribution is -0.448. The molecule has 0 atom stereocenters. The van der Waals surface area contributed by atoms with Crippen LogP contribution in [0.2, 0.25) is 0 Å². The van der Waals surface area contributed by atoms with Crippen molar-refractivity contribution in [2.24, 2.45) is 0 Å². The van der Waals surface area contributed by atoms with Gasteiger partial charge in [0.15, 0.2) is 0 Å². The fourth-order valence-corrected chi connectivity index (χ4v) is 4.42. The fourth-order valence-electron chi connectivity index (χ4n) is 2.56. The Balaban J connectivity index is 1.63. The van der Waals surface area contributed by atoms with E-state index in [9.17, 15) is 13.2 Å². The van der Waals surface area contributed by atoms with Crippen LogP contribution in [0.3, 0.4) is 0 Å². The molecule has 0 saturated carbocycles. The second-order valence-corrected chi connectivity index (χ2v) is 8.28. The van der Waals surface area contributed by atoms with Gasteiger partial charge in [0.2, 0.25) is 5.91 Å². The molecule has 0 bridgehead atoms. The Bertz CT molecular complexity index is 874. The van der Waals surface area contributed by atoms with E-state index >= 15 is 0 Å². The lowest BCUT2D eigenvalue weighted by Crippen LogP contribution is -2.72. The molecule has 25 heavy (non-hydrogen) atoms. The van der Waals surface area contributed by atoms with Gasteiger partial charge in [-0.25, -0.2) is 0 Å². The highest BCUT2D eigenvalue weighted by molar-refractivity contribution is 7.90. The van der Waals surface area contributed by atoms with Gasteiger partial charge >= 0.3 is 10.0 Å². The molecule has 1 aliphatic rings. The number of amides is 1. The number of amidine groups is 1. The van der Waals surface area contributed by atoms with E-state index in [0.717, 1.165) is 18.5 Å². The van der Waals surface area contributed by atoms with E-state index in [2.05, 4.69) is 15.0 Å². The molecule has 0 saturated heterocycles. The first kappa shape index (κ1) is 17.6. The zero-order valence-electron chi connectivity index (χ0n) is 13.6. The maximum absolute atomic E-state index is 12.4. The minimum Gasteiger partial charge on any atom is -0.326 e. The Labute approximate surface area is 151 Å². The number of aryl methyl sites for hydroxylation is 1. The van der Waals surface area contributed by atoms with Crippen molar-refractivity contribution in [3.63, 3.8) is 0 Å². The van der Waals surface area contributed by atoms with Gasteiger partial charge in [-0.15, -0.1) is 0 Å². The molecule has 3 rings (SSSR count). The Kier molecular flexibility index (Phi) is 5.50. The summed E-state index contributed by atoms with van der Waals surface area (Å²) in [5, 5.41) is 6.75. The van der Waals surface area contributed by atoms with Crippen molar-refractivity contribution >= 4 is 38.8 Å². The van der Waals surface area contributed by atoms with Crippen molar-refractivity contribution in [2.75, 3.05) is 11.9 Å². The minimum atomic E-state index is -3.65. The highest BCUT2D eigenvalue weighted by Crippen LogP contribution is 2.16. The summed E-state index contributed by atoms with van der Waals surface area (Å²) in [6, 6.07) is 8.28. The Hall–Kier alpha value is -2.19. The number of hydrogen-bond donors (Lipinski definition) is 3. The van der Waals surface area contributed by atoms with Crippen LogP contribution in [0.1, 0.15) is 24.8 Å². The summed E-state index contributed by atoms with van der Waals surface area (Å²) >= 11 is 1.60. The van der Waals surface area contributed by atoms with Gasteiger partial charge < -0.3 is 5.32 Å². The first-order valence-corrected chi connectivity index (χ1v) is 10.5. The average Bonchev–Trinajstić information content (AvgIpc) is 3.26. The van der Waals surface area contributed by atoms with Crippen LogP contribution in [-0.2, 0) is 21.2 Å². The van der Waals surface area contributed by atoms with Crippen LogP contribution >= 0.6 is 11.3 Å². The second-order valence-electron chi connectivity index (χ2n) is 5.82. The molecule has 3 N–H and O–H groups in total. The number of carbonyl (C=O) groups is 1. The summed E-state index contributed by atoms with van der Waals surface area (Å²) in [7, 11) is -3.65. The zero-order valence-corrected chi connectivity index (χ0v) is 15.3. The molecular weight excluding hydrogens is 358 g/mol. The van der Waals surface area contributed by atoms with Gasteiger partial charge in [0.1, 0.15) is 4.90 Å². The number of nitrogens with one attached hydrogen (secondary N) is 3. The first-order chi connectivity index (χ1) is 12.0. The SMILES string of the molecule is O=C(CCc1ccsc1)Nc1cccc(S(=O)(=O)NC2=[NH+]CCC2)c1. The molecule has 0 aliphatic carbocycles. The maximum atomic E-state index is 12.4. The molecule has 1 aliphatic heterocycles. The summed E-state index contributed by atoms with van der Waals surface area (Å²) in [6.45, 7) is 0.776. The summed E-state index contributed by atoms with van der Waals surface area (Å²) in [5.74, 6) is 0.478. The molecule has 0 fully saturated rings. The third-order valence-corrected chi connectivity index (χ3v) is 5.97. The van der Waals surface area contributed by atoms with E-state index in [4.69, 9.17) is 0 Å². The molecule has 2 heterocycles. The predicted molar refractivity (Wildman–Crippen MR) is 98.1 cm³/mol. The van der Waals surface area contributed by atoms with E-state index < -0.39 is 10.0 Å². The van der Waals surface area contributed by atoms with E-state index in [1.165, 1.54) is 12.1 Å². The van der Waals surface area contributed by atoms with Crippen molar-refractivity contribution in [3.05, 3.63) is 46.7 Å². The van der Waals surface area contributed by atoms with Gasteiger partial charge in [0.05, 0.1) is 13.0 Å². The molecule has 0 spiro atoms. The average molecular weight is 378 g/mol. The van der Waals surface area contributed by atoms with Crippen LogP contribution in [-0.4, -0.2) is 26.7 Å². The third-order valence-electron chi connectivity index (χ3n) is 3.85. The number of hydrogen-bond acceptors (Lipinski definition) is 4. The van der Waals surface area contributed by atoms with Crippen molar-refractivity contribution in [2.45, 2.75) is 30.6 Å². The molecule has 1 aromatic carbocycles. The number of carbonyl (C=O) groups excluding carboxylic acids is 1. The maximum Gasteiger partial charge on any atom is 0.328 e. The lowest BCUT2D eigenvalue weighted by Gasteiger charge is -2.07. The number of benzene rings is 1. The van der Waals surface area contributed by atoms with Crippen LogP contribution in [0.15, 0.2) is 46.0 Å². The van der Waals surface area contributed by atoms with Crippen molar-refractivity contribution in [3.8, 4) is 0 Å². The van der Waals surface area contributed by atoms with Crippen LogP contribution in [0, 0.1) is 0 Å². The van der Waals surface area contributed by atoms with Crippen LogP contribution in [0.25, 0.3) is 0 Å². The van der Waals surface area contributed by atoms with E-state index in [1.54, 1.807) is 23.5 Å². The topological polar surface area (TPSA) is 89.2 Å². The Morgan fingerprint density at radius 3 is 2.88 bits per heavy atom. The van der Waals surface area contributed by atoms with Crippen molar-refractivity contribution in [1.29, 1.82) is 0 Å². The van der Waals surface area contributed by atoms with E-state index in [1.807, 2.05) is 16.8 Å². The number of rotatable bonds is 6. The summed E-state index contributed by atoms with van der Waals surface area (Å²) in [6.07, 6.45) is 2.63. The molecule has 0 unspecified atom stereocenters. The molecule has 132 valence electrons. The number of thiophene rings is 1.